The normalized spacial score (nSPS) is 25.1. The Labute approximate surface area is 82.1 Å². The molecule has 1 nitrogen and oxygen atoms in total. The predicted molar refractivity (Wildman–Crippen MR) is 51.1 cm³/mol. The molecule has 76 valence electrons. The maximum absolute atomic E-state index is 13.3. The highest BCUT2D eigenvalue weighted by atomic mass is 19.1. The Hall–Kier alpha value is -0.960. The average Bonchev–Trinajstić information content (AvgIpc) is 2.85. The second-order valence-corrected chi connectivity index (χ2v) is 3.80. The second kappa shape index (κ2) is 3.65. The van der Waals surface area contributed by atoms with E-state index in [0.29, 0.717) is 5.92 Å². The van der Waals surface area contributed by atoms with E-state index in [1.807, 2.05) is 7.05 Å². The minimum atomic E-state index is -0.409. The van der Waals surface area contributed by atoms with Crippen molar-refractivity contribution in [3.63, 3.8) is 0 Å². The van der Waals surface area contributed by atoms with E-state index in [1.54, 1.807) is 0 Å². The van der Waals surface area contributed by atoms with Gasteiger partial charge in [0.05, 0.1) is 0 Å². The van der Waals surface area contributed by atoms with Gasteiger partial charge in [0.15, 0.2) is 0 Å². The minimum absolute atomic E-state index is 0.0728. The molecule has 0 spiro atoms. The van der Waals surface area contributed by atoms with Crippen molar-refractivity contribution in [3.05, 3.63) is 35.4 Å². The number of halogens is 2. The Balaban J connectivity index is 2.18. The van der Waals surface area contributed by atoms with E-state index < -0.39 is 11.6 Å². The molecular weight excluding hydrogens is 184 g/mol. The molecule has 2 atom stereocenters. The van der Waals surface area contributed by atoms with Crippen molar-refractivity contribution in [2.24, 2.45) is 5.92 Å². The Morgan fingerprint density at radius 3 is 2.57 bits per heavy atom. The first-order chi connectivity index (χ1) is 6.74. The number of rotatable bonds is 3. The molecule has 0 saturated heterocycles. The van der Waals surface area contributed by atoms with Gasteiger partial charge in [-0.3, -0.25) is 0 Å². The summed E-state index contributed by atoms with van der Waals surface area (Å²) < 4.78 is 26.6. The highest BCUT2D eigenvalue weighted by Gasteiger charge is 2.40. The predicted octanol–water partition coefficient (Wildman–Crippen LogP) is 2.29. The van der Waals surface area contributed by atoms with E-state index in [1.165, 1.54) is 18.2 Å². The van der Waals surface area contributed by atoms with E-state index in [2.05, 4.69) is 5.32 Å². The van der Waals surface area contributed by atoms with Gasteiger partial charge in [0.2, 0.25) is 0 Å². The van der Waals surface area contributed by atoms with Gasteiger partial charge in [-0.15, -0.1) is 0 Å². The fourth-order valence-corrected chi connectivity index (χ4v) is 1.95. The van der Waals surface area contributed by atoms with Crippen LogP contribution in [0, 0.1) is 17.6 Å². The molecule has 0 aliphatic heterocycles. The molecule has 3 heteroatoms. The first-order valence-electron chi connectivity index (χ1n) is 4.82. The Morgan fingerprint density at radius 2 is 2.00 bits per heavy atom. The second-order valence-electron chi connectivity index (χ2n) is 3.80. The molecule has 0 bridgehead atoms. The molecule has 1 aliphatic rings. The summed E-state index contributed by atoms with van der Waals surface area (Å²) in [5.41, 5.74) is 0.271. The zero-order chi connectivity index (χ0) is 10.1. The molecular formula is C11H13F2N. The van der Waals surface area contributed by atoms with Crippen LogP contribution in [-0.2, 0) is 0 Å². The number of benzene rings is 1. The molecule has 2 unspecified atom stereocenters. The molecule has 0 amide bonds. The van der Waals surface area contributed by atoms with E-state index in [0.717, 1.165) is 13.0 Å². The van der Waals surface area contributed by atoms with Crippen molar-refractivity contribution in [2.75, 3.05) is 13.6 Å². The molecule has 1 aromatic rings. The van der Waals surface area contributed by atoms with Gasteiger partial charge >= 0.3 is 0 Å². The summed E-state index contributed by atoms with van der Waals surface area (Å²) in [5, 5.41) is 3.02. The van der Waals surface area contributed by atoms with Crippen LogP contribution in [0.3, 0.4) is 0 Å². The van der Waals surface area contributed by atoms with E-state index in [9.17, 15) is 8.78 Å². The fourth-order valence-electron chi connectivity index (χ4n) is 1.95. The van der Waals surface area contributed by atoms with Gasteiger partial charge in [-0.25, -0.2) is 8.78 Å². The largest absolute Gasteiger partial charge is 0.319 e. The Kier molecular flexibility index (Phi) is 2.50. The van der Waals surface area contributed by atoms with Gasteiger partial charge in [0, 0.05) is 5.56 Å². The Bertz CT molecular complexity index is 318. The van der Waals surface area contributed by atoms with Crippen LogP contribution in [0.2, 0.25) is 0 Å². The van der Waals surface area contributed by atoms with Crippen molar-refractivity contribution in [3.8, 4) is 0 Å². The lowest BCUT2D eigenvalue weighted by molar-refractivity contribution is 0.549. The van der Waals surface area contributed by atoms with Gasteiger partial charge < -0.3 is 5.32 Å². The van der Waals surface area contributed by atoms with Crippen LogP contribution in [-0.4, -0.2) is 13.6 Å². The summed E-state index contributed by atoms with van der Waals surface area (Å²) in [6, 6.07) is 4.06. The van der Waals surface area contributed by atoms with E-state index in [-0.39, 0.29) is 11.5 Å². The monoisotopic (exact) mass is 197 g/mol. The first-order valence-corrected chi connectivity index (χ1v) is 4.82. The molecule has 14 heavy (non-hydrogen) atoms. The van der Waals surface area contributed by atoms with E-state index in [4.69, 9.17) is 0 Å². The number of nitrogens with one attached hydrogen (secondary N) is 1. The molecule has 0 aromatic heterocycles. The molecule has 0 heterocycles. The van der Waals surface area contributed by atoms with Crippen LogP contribution in [0.1, 0.15) is 17.9 Å². The third-order valence-corrected chi connectivity index (χ3v) is 2.76. The summed E-state index contributed by atoms with van der Waals surface area (Å²) >= 11 is 0. The minimum Gasteiger partial charge on any atom is -0.319 e. The van der Waals surface area contributed by atoms with Gasteiger partial charge in [-0.05, 0) is 44.0 Å². The van der Waals surface area contributed by atoms with Crippen molar-refractivity contribution >= 4 is 0 Å². The SMILES string of the molecule is CNCC1CC1c1c(F)cccc1F. The van der Waals surface area contributed by atoms with Crippen molar-refractivity contribution in [2.45, 2.75) is 12.3 Å². The van der Waals surface area contributed by atoms with Gasteiger partial charge in [-0.2, -0.15) is 0 Å². The van der Waals surface area contributed by atoms with Crippen LogP contribution in [0.4, 0.5) is 8.78 Å². The van der Waals surface area contributed by atoms with Gasteiger partial charge in [0.1, 0.15) is 11.6 Å². The molecule has 1 aromatic carbocycles. The lowest BCUT2D eigenvalue weighted by Gasteiger charge is -2.03. The smallest absolute Gasteiger partial charge is 0.129 e. The lowest BCUT2D eigenvalue weighted by atomic mass is 10.1. The van der Waals surface area contributed by atoms with Crippen LogP contribution < -0.4 is 5.32 Å². The van der Waals surface area contributed by atoms with Gasteiger partial charge in [0.25, 0.3) is 0 Å². The molecule has 2 rings (SSSR count). The quantitative estimate of drug-likeness (QED) is 0.784. The zero-order valence-corrected chi connectivity index (χ0v) is 8.06. The number of hydrogen-bond donors (Lipinski definition) is 1. The average molecular weight is 197 g/mol. The van der Waals surface area contributed by atoms with Crippen LogP contribution in [0.15, 0.2) is 18.2 Å². The topological polar surface area (TPSA) is 12.0 Å². The summed E-state index contributed by atoms with van der Waals surface area (Å²) in [4.78, 5) is 0. The third-order valence-electron chi connectivity index (χ3n) is 2.76. The van der Waals surface area contributed by atoms with Crippen LogP contribution in [0.25, 0.3) is 0 Å². The molecule has 0 radical (unpaired) electrons. The highest BCUT2D eigenvalue weighted by molar-refractivity contribution is 5.29. The standard InChI is InChI=1S/C11H13F2N/c1-14-6-7-5-8(7)11-9(12)3-2-4-10(11)13/h2-4,7-8,14H,5-6H2,1H3. The maximum Gasteiger partial charge on any atom is 0.129 e. The summed E-state index contributed by atoms with van der Waals surface area (Å²) in [5.74, 6) is -0.350. The third kappa shape index (κ3) is 1.64. The van der Waals surface area contributed by atoms with Crippen molar-refractivity contribution in [1.29, 1.82) is 0 Å². The van der Waals surface area contributed by atoms with Gasteiger partial charge in [-0.1, -0.05) is 6.07 Å². The number of hydrogen-bond acceptors (Lipinski definition) is 1. The maximum atomic E-state index is 13.3. The van der Waals surface area contributed by atoms with Crippen molar-refractivity contribution < 1.29 is 8.78 Å². The van der Waals surface area contributed by atoms with Crippen LogP contribution in [0.5, 0.6) is 0 Å². The lowest BCUT2D eigenvalue weighted by Crippen LogP contribution is -2.10. The molecule has 1 fully saturated rings. The summed E-state index contributed by atoms with van der Waals surface area (Å²) in [7, 11) is 1.85. The van der Waals surface area contributed by atoms with Crippen molar-refractivity contribution in [1.82, 2.24) is 5.32 Å². The molecule has 1 N–H and O–H groups in total. The fraction of sp³-hybridized carbons (Fsp3) is 0.455. The summed E-state index contributed by atoms with van der Waals surface area (Å²) in [6.07, 6.45) is 0.888. The zero-order valence-electron chi connectivity index (χ0n) is 8.06. The highest BCUT2D eigenvalue weighted by Crippen LogP contribution is 2.48. The first kappa shape index (κ1) is 9.59. The molecule has 1 saturated carbocycles. The molecule has 1 aliphatic carbocycles. The van der Waals surface area contributed by atoms with Crippen LogP contribution >= 0.6 is 0 Å². The van der Waals surface area contributed by atoms with E-state index >= 15 is 0 Å². The summed E-state index contributed by atoms with van der Waals surface area (Å²) in [6.45, 7) is 0.832. The Morgan fingerprint density at radius 1 is 1.36 bits per heavy atom.